The second-order valence-corrected chi connectivity index (χ2v) is 3.17. The largest absolute Gasteiger partial charge is 0.340 e. The molecule has 14 heavy (non-hydrogen) atoms. The van der Waals surface area contributed by atoms with Crippen LogP contribution >= 0.6 is 12.2 Å². The second kappa shape index (κ2) is 3.22. The topological polar surface area (TPSA) is 95.2 Å². The molecule has 0 unspecified atom stereocenters. The molecule has 2 aromatic heterocycles. The van der Waals surface area contributed by atoms with Gasteiger partial charge in [-0.3, -0.25) is 14.6 Å². The number of hydrogen-bond donors (Lipinski definition) is 3. The molecule has 0 aliphatic heterocycles. The lowest BCUT2D eigenvalue weighted by atomic mass is 10.5. The third kappa shape index (κ3) is 1.51. The third-order valence-electron chi connectivity index (χ3n) is 1.81. The van der Waals surface area contributed by atoms with Crippen LogP contribution in [0, 0.1) is 11.7 Å². The highest BCUT2D eigenvalue weighted by Crippen LogP contribution is 1.98. The van der Waals surface area contributed by atoms with Crippen LogP contribution in [0.1, 0.15) is 11.6 Å². The lowest BCUT2D eigenvalue weighted by Crippen LogP contribution is -2.06. The Morgan fingerprint density at radius 1 is 1.43 bits per heavy atom. The van der Waals surface area contributed by atoms with Gasteiger partial charge in [0.05, 0.1) is 6.54 Å². The molecule has 0 amide bonds. The first-order valence-corrected chi connectivity index (χ1v) is 4.33. The fraction of sp³-hybridized carbons (Fsp3) is 0.333. The molecule has 0 bridgehead atoms. The van der Waals surface area contributed by atoms with E-state index in [4.69, 9.17) is 12.2 Å². The van der Waals surface area contributed by atoms with E-state index >= 15 is 0 Å². The molecule has 0 fully saturated rings. The predicted molar refractivity (Wildman–Crippen MR) is 50.5 cm³/mol. The minimum atomic E-state index is -0.326. The van der Waals surface area contributed by atoms with Crippen LogP contribution in [0.3, 0.4) is 0 Å². The van der Waals surface area contributed by atoms with Crippen molar-refractivity contribution in [3.8, 4) is 0 Å². The molecule has 74 valence electrons. The molecule has 0 saturated heterocycles. The Kier molecular flexibility index (Phi) is 2.04. The van der Waals surface area contributed by atoms with Crippen LogP contribution in [0.25, 0.3) is 0 Å². The van der Waals surface area contributed by atoms with Gasteiger partial charge in [0.25, 0.3) is 0 Å². The standard InChI is InChI=1S/C6H8N6OS/c1-3-8-11-6(14)12(3)2-4-7-5(13)10-9-4/h2H2,1H3,(H,11,14)(H2,7,9,10,13). The molecule has 0 radical (unpaired) electrons. The molecule has 3 N–H and O–H groups in total. The summed E-state index contributed by atoms with van der Waals surface area (Å²) in [7, 11) is 0. The average molecular weight is 212 g/mol. The normalized spacial score (nSPS) is 10.6. The van der Waals surface area contributed by atoms with Crippen molar-refractivity contribution in [3.05, 3.63) is 26.9 Å². The maximum atomic E-state index is 10.8. The van der Waals surface area contributed by atoms with Crippen molar-refractivity contribution >= 4 is 12.2 Å². The summed E-state index contributed by atoms with van der Waals surface area (Å²) in [5, 5.41) is 12.6. The van der Waals surface area contributed by atoms with Gasteiger partial charge in [-0.15, -0.1) is 0 Å². The molecule has 8 heteroatoms. The van der Waals surface area contributed by atoms with E-state index < -0.39 is 0 Å². The summed E-state index contributed by atoms with van der Waals surface area (Å²) >= 11 is 4.99. The fourth-order valence-electron chi connectivity index (χ4n) is 1.11. The van der Waals surface area contributed by atoms with E-state index in [0.717, 1.165) is 5.82 Å². The van der Waals surface area contributed by atoms with Gasteiger partial charge >= 0.3 is 5.69 Å². The van der Waals surface area contributed by atoms with Crippen molar-refractivity contribution in [1.82, 2.24) is 29.9 Å². The van der Waals surface area contributed by atoms with E-state index in [9.17, 15) is 4.79 Å². The van der Waals surface area contributed by atoms with Gasteiger partial charge in [0, 0.05) is 0 Å². The van der Waals surface area contributed by atoms with E-state index in [2.05, 4.69) is 25.4 Å². The van der Waals surface area contributed by atoms with Crippen LogP contribution in [-0.4, -0.2) is 29.9 Å². The Morgan fingerprint density at radius 2 is 2.21 bits per heavy atom. The molecule has 2 heterocycles. The molecule has 7 nitrogen and oxygen atoms in total. The maximum Gasteiger partial charge on any atom is 0.340 e. The fourth-order valence-corrected chi connectivity index (χ4v) is 1.35. The number of aromatic nitrogens is 6. The lowest BCUT2D eigenvalue weighted by Gasteiger charge is -1.98. The van der Waals surface area contributed by atoms with Crippen molar-refractivity contribution in [2.24, 2.45) is 0 Å². The summed E-state index contributed by atoms with van der Waals surface area (Å²) in [5.41, 5.74) is -0.326. The summed E-state index contributed by atoms with van der Waals surface area (Å²) in [6.07, 6.45) is 0. The van der Waals surface area contributed by atoms with Crippen molar-refractivity contribution in [3.63, 3.8) is 0 Å². The molecule has 0 aliphatic carbocycles. The minimum Gasteiger partial charge on any atom is -0.297 e. The van der Waals surface area contributed by atoms with Gasteiger partial charge in [-0.05, 0) is 19.1 Å². The van der Waals surface area contributed by atoms with E-state index in [1.807, 2.05) is 6.92 Å². The Balaban J connectivity index is 2.35. The van der Waals surface area contributed by atoms with Crippen LogP contribution in [0.4, 0.5) is 0 Å². The zero-order valence-electron chi connectivity index (χ0n) is 7.37. The van der Waals surface area contributed by atoms with Gasteiger partial charge in [0.2, 0.25) is 0 Å². The van der Waals surface area contributed by atoms with Gasteiger partial charge in [-0.25, -0.2) is 9.89 Å². The molecule has 0 saturated carbocycles. The number of H-pyrrole nitrogens is 3. The molecule has 0 atom stereocenters. The van der Waals surface area contributed by atoms with E-state index in [0.29, 0.717) is 17.1 Å². The number of nitrogens with one attached hydrogen (secondary N) is 3. The first-order chi connectivity index (χ1) is 6.66. The summed E-state index contributed by atoms with van der Waals surface area (Å²) in [4.78, 5) is 13.3. The van der Waals surface area contributed by atoms with Gasteiger partial charge in [-0.2, -0.15) is 10.2 Å². The second-order valence-electron chi connectivity index (χ2n) is 2.79. The number of aromatic amines is 3. The van der Waals surface area contributed by atoms with Crippen LogP contribution < -0.4 is 5.69 Å². The Hall–Kier alpha value is -1.70. The SMILES string of the molecule is Cc1n[nH]c(=S)n1Cc1n[nH]c(=O)[nH]1. The van der Waals surface area contributed by atoms with E-state index in [1.165, 1.54) is 0 Å². The number of nitrogens with zero attached hydrogens (tertiary/aromatic N) is 3. The Bertz CT molecular complexity index is 545. The molecule has 0 aromatic carbocycles. The number of rotatable bonds is 2. The zero-order valence-corrected chi connectivity index (χ0v) is 8.18. The summed E-state index contributed by atoms with van der Waals surface area (Å²) in [6, 6.07) is 0. The molecule has 0 aliphatic rings. The minimum absolute atomic E-state index is 0.326. The van der Waals surface area contributed by atoms with Crippen molar-refractivity contribution < 1.29 is 0 Å². The molecular formula is C6H8N6OS. The Labute approximate surface area is 83.2 Å². The predicted octanol–water partition coefficient (Wildman–Crippen LogP) is -0.291. The van der Waals surface area contributed by atoms with E-state index in [-0.39, 0.29) is 5.69 Å². The zero-order chi connectivity index (χ0) is 10.1. The number of hydrogen-bond acceptors (Lipinski definition) is 4. The highest BCUT2D eigenvalue weighted by atomic mass is 32.1. The lowest BCUT2D eigenvalue weighted by molar-refractivity contribution is 0.711. The quantitative estimate of drug-likeness (QED) is 0.596. The van der Waals surface area contributed by atoms with Gasteiger partial charge in [0.1, 0.15) is 5.82 Å². The molecule has 2 rings (SSSR count). The first-order valence-electron chi connectivity index (χ1n) is 3.92. The highest BCUT2D eigenvalue weighted by molar-refractivity contribution is 7.71. The van der Waals surface area contributed by atoms with Crippen molar-refractivity contribution in [1.29, 1.82) is 0 Å². The van der Waals surface area contributed by atoms with Crippen LogP contribution in [0.5, 0.6) is 0 Å². The van der Waals surface area contributed by atoms with Gasteiger partial charge in [-0.1, -0.05) is 0 Å². The third-order valence-corrected chi connectivity index (χ3v) is 2.12. The van der Waals surface area contributed by atoms with Crippen LogP contribution in [0.2, 0.25) is 0 Å². The van der Waals surface area contributed by atoms with Crippen LogP contribution in [-0.2, 0) is 6.54 Å². The van der Waals surface area contributed by atoms with Gasteiger partial charge in [0.15, 0.2) is 10.6 Å². The summed E-state index contributed by atoms with van der Waals surface area (Å²) in [6.45, 7) is 2.22. The Morgan fingerprint density at radius 3 is 2.71 bits per heavy atom. The van der Waals surface area contributed by atoms with Gasteiger partial charge < -0.3 is 0 Å². The summed E-state index contributed by atoms with van der Waals surface area (Å²) < 4.78 is 2.24. The van der Waals surface area contributed by atoms with Crippen molar-refractivity contribution in [2.75, 3.05) is 0 Å². The smallest absolute Gasteiger partial charge is 0.297 e. The molecular weight excluding hydrogens is 204 g/mol. The van der Waals surface area contributed by atoms with Crippen molar-refractivity contribution in [2.45, 2.75) is 13.5 Å². The monoisotopic (exact) mass is 212 g/mol. The highest BCUT2D eigenvalue weighted by Gasteiger charge is 2.04. The summed E-state index contributed by atoms with van der Waals surface area (Å²) in [5.74, 6) is 1.27. The first kappa shape index (κ1) is 8.88. The number of aryl methyl sites for hydroxylation is 1. The van der Waals surface area contributed by atoms with Crippen LogP contribution in [0.15, 0.2) is 4.79 Å². The molecule has 2 aromatic rings. The van der Waals surface area contributed by atoms with E-state index in [1.54, 1.807) is 4.57 Å². The molecule has 0 spiro atoms. The maximum absolute atomic E-state index is 10.8. The average Bonchev–Trinajstić information content (AvgIpc) is 2.67.